The van der Waals surface area contributed by atoms with Gasteiger partial charge in [0.15, 0.2) is 0 Å². The maximum absolute atomic E-state index is 12.0. The summed E-state index contributed by atoms with van der Waals surface area (Å²) < 4.78 is 7.23. The topological polar surface area (TPSA) is 67.7 Å². The summed E-state index contributed by atoms with van der Waals surface area (Å²) in [5.41, 5.74) is 1.49. The Morgan fingerprint density at radius 1 is 1.27 bits per heavy atom. The molecule has 0 bridgehead atoms. The summed E-state index contributed by atoms with van der Waals surface area (Å²) in [5.74, 6) is 0.497. The van der Waals surface area contributed by atoms with E-state index in [1.165, 1.54) is 0 Å². The Kier molecular flexibility index (Phi) is 6.29. The highest BCUT2D eigenvalue weighted by Gasteiger charge is 2.27. The Morgan fingerprint density at radius 3 is 2.65 bits per heavy atom. The van der Waals surface area contributed by atoms with Crippen LogP contribution in [0.1, 0.15) is 53.5 Å². The molecule has 6 nitrogen and oxygen atoms in total. The molecule has 26 heavy (non-hydrogen) atoms. The van der Waals surface area contributed by atoms with Crippen LogP contribution >= 0.6 is 0 Å². The van der Waals surface area contributed by atoms with Crippen LogP contribution in [0.15, 0.2) is 30.6 Å². The van der Waals surface area contributed by atoms with Crippen molar-refractivity contribution < 1.29 is 9.53 Å². The molecular weight excluding hydrogens is 328 g/mol. The summed E-state index contributed by atoms with van der Waals surface area (Å²) in [4.78, 5) is 12.0. The van der Waals surface area contributed by atoms with Gasteiger partial charge in [0.05, 0.1) is 11.7 Å². The van der Waals surface area contributed by atoms with Crippen molar-refractivity contribution in [1.29, 1.82) is 0 Å². The number of alkyl carbamates (subject to hydrolysis) is 1. The van der Waals surface area contributed by atoms with Crippen LogP contribution in [-0.2, 0) is 11.3 Å². The van der Waals surface area contributed by atoms with Crippen LogP contribution in [0.4, 0.5) is 4.79 Å². The molecule has 6 heteroatoms. The van der Waals surface area contributed by atoms with Crippen molar-refractivity contribution in [3.63, 3.8) is 0 Å². The van der Waals surface area contributed by atoms with E-state index in [4.69, 9.17) is 4.74 Å². The summed E-state index contributed by atoms with van der Waals surface area (Å²) in [7, 11) is 0. The number of fused-ring (bicyclic) bond motifs is 1. The third kappa shape index (κ3) is 6.02. The zero-order valence-electron chi connectivity index (χ0n) is 16.8. The second-order valence-corrected chi connectivity index (χ2v) is 8.57. The van der Waals surface area contributed by atoms with Crippen molar-refractivity contribution in [1.82, 2.24) is 20.2 Å². The highest BCUT2D eigenvalue weighted by molar-refractivity contribution is 5.67. The van der Waals surface area contributed by atoms with E-state index in [1.807, 2.05) is 49.8 Å². The molecule has 2 heterocycles. The van der Waals surface area contributed by atoms with Crippen molar-refractivity contribution in [3.05, 3.63) is 36.2 Å². The van der Waals surface area contributed by atoms with E-state index in [2.05, 4.69) is 42.6 Å². The number of pyridine rings is 1. The number of nitrogens with zero attached hydrogens (tertiary/aromatic N) is 2. The third-order valence-corrected chi connectivity index (χ3v) is 4.09. The lowest BCUT2D eigenvalue weighted by atomic mass is 9.90. The van der Waals surface area contributed by atoms with E-state index in [0.717, 1.165) is 17.5 Å². The summed E-state index contributed by atoms with van der Waals surface area (Å²) in [6.45, 7) is 13.3. The predicted octanol–water partition coefficient (Wildman–Crippen LogP) is 3.75. The minimum Gasteiger partial charge on any atom is -0.444 e. The molecule has 0 aliphatic rings. The molecule has 1 atom stereocenters. The first kappa shape index (κ1) is 20.2. The minimum atomic E-state index is -0.497. The molecule has 2 aromatic rings. The average Bonchev–Trinajstić information content (AvgIpc) is 2.92. The smallest absolute Gasteiger partial charge is 0.407 e. The van der Waals surface area contributed by atoms with Gasteiger partial charge in [-0.3, -0.25) is 0 Å². The Hall–Kier alpha value is -2.08. The van der Waals surface area contributed by atoms with Gasteiger partial charge in [0.25, 0.3) is 0 Å². The molecule has 0 fully saturated rings. The van der Waals surface area contributed by atoms with Crippen molar-refractivity contribution >= 4 is 11.6 Å². The fraction of sp³-hybridized carbons (Fsp3) is 0.600. The zero-order valence-corrected chi connectivity index (χ0v) is 16.8. The second-order valence-electron chi connectivity index (χ2n) is 8.57. The summed E-state index contributed by atoms with van der Waals surface area (Å²) in [6.07, 6.45) is 4.38. The van der Waals surface area contributed by atoms with E-state index in [1.54, 1.807) is 0 Å². The second kappa shape index (κ2) is 8.08. The van der Waals surface area contributed by atoms with Crippen molar-refractivity contribution in [2.24, 2.45) is 5.92 Å². The Bertz CT molecular complexity index is 733. The van der Waals surface area contributed by atoms with Gasteiger partial charge in [-0.25, -0.2) is 9.31 Å². The molecule has 2 aromatic heterocycles. The van der Waals surface area contributed by atoms with Gasteiger partial charge in [-0.1, -0.05) is 19.9 Å². The van der Waals surface area contributed by atoms with Crippen LogP contribution < -0.4 is 10.6 Å². The molecule has 0 aromatic carbocycles. The number of hydrogen-bond donors (Lipinski definition) is 2. The Labute approximate surface area is 156 Å². The lowest BCUT2D eigenvalue weighted by Gasteiger charge is -2.33. The van der Waals surface area contributed by atoms with Gasteiger partial charge < -0.3 is 15.4 Å². The maximum atomic E-state index is 12.0. The number of amides is 1. The molecule has 2 N–H and O–H groups in total. The number of carbonyl (C=O) groups is 1. The predicted molar refractivity (Wildman–Crippen MR) is 104 cm³/mol. The van der Waals surface area contributed by atoms with Gasteiger partial charge in [0.2, 0.25) is 0 Å². The Morgan fingerprint density at radius 2 is 2.00 bits per heavy atom. The van der Waals surface area contributed by atoms with Crippen LogP contribution in [0, 0.1) is 5.92 Å². The molecule has 0 unspecified atom stereocenters. The fourth-order valence-electron chi connectivity index (χ4n) is 3.12. The third-order valence-electron chi connectivity index (χ3n) is 4.09. The lowest BCUT2D eigenvalue weighted by Crippen LogP contribution is -2.52. The zero-order chi connectivity index (χ0) is 19.4. The fourth-order valence-corrected chi connectivity index (χ4v) is 3.12. The van der Waals surface area contributed by atoms with Gasteiger partial charge in [0, 0.05) is 30.4 Å². The van der Waals surface area contributed by atoms with E-state index in [0.29, 0.717) is 19.0 Å². The van der Waals surface area contributed by atoms with Gasteiger partial charge in [0.1, 0.15) is 5.60 Å². The van der Waals surface area contributed by atoms with Gasteiger partial charge >= 0.3 is 6.09 Å². The molecule has 144 valence electrons. The largest absolute Gasteiger partial charge is 0.444 e. The van der Waals surface area contributed by atoms with Crippen LogP contribution in [0.2, 0.25) is 0 Å². The molecule has 1 amide bonds. The van der Waals surface area contributed by atoms with Crippen LogP contribution in [-0.4, -0.2) is 33.4 Å². The molecule has 0 saturated carbocycles. The average molecular weight is 361 g/mol. The number of aromatic nitrogens is 2. The van der Waals surface area contributed by atoms with Crippen molar-refractivity contribution in [2.45, 2.75) is 65.6 Å². The first-order valence-corrected chi connectivity index (χ1v) is 9.21. The number of ether oxygens (including phenoxy) is 1. The first-order chi connectivity index (χ1) is 12.1. The maximum Gasteiger partial charge on any atom is 0.407 e. The summed E-state index contributed by atoms with van der Waals surface area (Å²) >= 11 is 0. The lowest BCUT2D eigenvalue weighted by molar-refractivity contribution is 0.0507. The van der Waals surface area contributed by atoms with E-state index >= 15 is 0 Å². The standard InChI is InChI=1S/C20H32N4O2/c1-15(2)11-20(6,14-21-18(25)26-19(3,4)5)22-12-16-13-23-24-10-8-7-9-17(16)24/h7-10,13,15,22H,11-12,14H2,1-6H3,(H,21,25)/t20-/m0/s1. The van der Waals surface area contributed by atoms with E-state index < -0.39 is 5.60 Å². The Balaban J connectivity index is 2.02. The van der Waals surface area contributed by atoms with E-state index in [-0.39, 0.29) is 11.6 Å². The highest BCUT2D eigenvalue weighted by atomic mass is 16.6. The van der Waals surface area contributed by atoms with Gasteiger partial charge in [-0.2, -0.15) is 5.10 Å². The van der Waals surface area contributed by atoms with Crippen LogP contribution in [0.3, 0.4) is 0 Å². The van der Waals surface area contributed by atoms with Crippen LogP contribution in [0.5, 0.6) is 0 Å². The monoisotopic (exact) mass is 360 g/mol. The van der Waals surface area contributed by atoms with Crippen LogP contribution in [0.25, 0.3) is 5.52 Å². The highest BCUT2D eigenvalue weighted by Crippen LogP contribution is 2.18. The quantitative estimate of drug-likeness (QED) is 0.789. The molecule has 0 radical (unpaired) electrons. The van der Waals surface area contributed by atoms with Crippen molar-refractivity contribution in [2.75, 3.05) is 6.54 Å². The minimum absolute atomic E-state index is 0.242. The number of hydrogen-bond acceptors (Lipinski definition) is 4. The number of carbonyl (C=O) groups excluding carboxylic acids is 1. The number of nitrogens with one attached hydrogen (secondary N) is 2. The molecule has 2 rings (SSSR count). The summed E-state index contributed by atoms with van der Waals surface area (Å²) in [5, 5.41) is 10.9. The van der Waals surface area contributed by atoms with Gasteiger partial charge in [-0.05, 0) is 52.2 Å². The normalized spacial score (nSPS) is 14.4. The van der Waals surface area contributed by atoms with Gasteiger partial charge in [-0.15, -0.1) is 0 Å². The molecule has 0 saturated heterocycles. The molecule has 0 spiro atoms. The summed E-state index contributed by atoms with van der Waals surface area (Å²) in [6, 6.07) is 6.03. The molecular formula is C20H32N4O2. The first-order valence-electron chi connectivity index (χ1n) is 9.21. The molecule has 0 aliphatic carbocycles. The SMILES string of the molecule is CC(C)C[C@@](C)(CNC(=O)OC(C)(C)C)NCc1cnn2ccccc12. The molecule has 0 aliphatic heterocycles. The van der Waals surface area contributed by atoms with Crippen molar-refractivity contribution in [3.8, 4) is 0 Å². The number of rotatable bonds is 7. The van der Waals surface area contributed by atoms with E-state index in [9.17, 15) is 4.79 Å².